The van der Waals surface area contributed by atoms with Crippen molar-refractivity contribution in [3.8, 4) is 0 Å². The van der Waals surface area contributed by atoms with Crippen LogP contribution >= 0.6 is 0 Å². The largest absolute Gasteiger partial charge is 0.316 e. The van der Waals surface area contributed by atoms with E-state index < -0.39 is 10.0 Å². The Morgan fingerprint density at radius 1 is 1.41 bits per heavy atom. The number of rotatable bonds is 3. The molecular formula is C12H24N2O2S. The summed E-state index contributed by atoms with van der Waals surface area (Å²) < 4.78 is 26.3. The number of piperidine rings is 1. The van der Waals surface area contributed by atoms with Gasteiger partial charge in [0.05, 0.1) is 5.75 Å². The van der Waals surface area contributed by atoms with E-state index in [0.717, 1.165) is 32.4 Å². The van der Waals surface area contributed by atoms with Crippen molar-refractivity contribution >= 4 is 10.0 Å². The van der Waals surface area contributed by atoms with E-state index in [-0.39, 0.29) is 5.41 Å². The van der Waals surface area contributed by atoms with E-state index in [9.17, 15) is 8.42 Å². The number of nitrogens with zero attached hydrogens (tertiary/aromatic N) is 1. The van der Waals surface area contributed by atoms with Crippen LogP contribution in [0.2, 0.25) is 0 Å². The molecule has 5 heteroatoms. The molecule has 2 aliphatic heterocycles. The van der Waals surface area contributed by atoms with Crippen molar-refractivity contribution in [3.05, 3.63) is 0 Å². The normalized spacial score (nSPS) is 30.6. The van der Waals surface area contributed by atoms with Crippen LogP contribution in [-0.4, -0.2) is 44.7 Å². The molecule has 0 aliphatic carbocycles. The molecule has 2 heterocycles. The molecule has 0 bridgehead atoms. The third kappa shape index (κ3) is 3.42. The zero-order valence-electron chi connectivity index (χ0n) is 10.9. The number of sulfonamides is 1. The van der Waals surface area contributed by atoms with Gasteiger partial charge in [-0.05, 0) is 43.7 Å². The lowest BCUT2D eigenvalue weighted by Crippen LogP contribution is -2.39. The highest BCUT2D eigenvalue weighted by Gasteiger charge is 2.37. The van der Waals surface area contributed by atoms with Gasteiger partial charge in [0.1, 0.15) is 0 Å². The Hall–Kier alpha value is -0.130. The lowest BCUT2D eigenvalue weighted by atomic mass is 9.93. The zero-order chi connectivity index (χ0) is 12.5. The van der Waals surface area contributed by atoms with E-state index in [1.54, 1.807) is 4.31 Å². The lowest BCUT2D eigenvalue weighted by Gasteiger charge is -2.26. The monoisotopic (exact) mass is 260 g/mol. The van der Waals surface area contributed by atoms with E-state index in [1.165, 1.54) is 0 Å². The van der Waals surface area contributed by atoms with Gasteiger partial charge in [0.2, 0.25) is 10.0 Å². The van der Waals surface area contributed by atoms with Crippen LogP contribution in [0.1, 0.15) is 33.1 Å². The molecule has 1 atom stereocenters. The van der Waals surface area contributed by atoms with Crippen LogP contribution in [0.5, 0.6) is 0 Å². The average Bonchev–Trinajstić information content (AvgIpc) is 2.60. The van der Waals surface area contributed by atoms with Gasteiger partial charge in [-0.1, -0.05) is 13.8 Å². The molecule has 0 aromatic carbocycles. The predicted octanol–water partition coefficient (Wildman–Crippen LogP) is 1.05. The first-order valence-corrected chi connectivity index (χ1v) is 8.19. The molecule has 0 radical (unpaired) electrons. The Kier molecular flexibility index (Phi) is 3.80. The van der Waals surface area contributed by atoms with Crippen molar-refractivity contribution in [2.24, 2.45) is 11.3 Å². The maximum Gasteiger partial charge on any atom is 0.214 e. The van der Waals surface area contributed by atoms with Crippen molar-refractivity contribution in [1.82, 2.24) is 9.62 Å². The molecular weight excluding hydrogens is 236 g/mol. The van der Waals surface area contributed by atoms with Crippen molar-refractivity contribution in [2.75, 3.05) is 31.9 Å². The highest BCUT2D eigenvalue weighted by molar-refractivity contribution is 7.89. The van der Waals surface area contributed by atoms with Crippen molar-refractivity contribution < 1.29 is 8.42 Å². The van der Waals surface area contributed by atoms with Gasteiger partial charge < -0.3 is 5.32 Å². The molecule has 2 fully saturated rings. The molecule has 0 amide bonds. The summed E-state index contributed by atoms with van der Waals surface area (Å²) >= 11 is 0. The first-order chi connectivity index (χ1) is 7.89. The van der Waals surface area contributed by atoms with Gasteiger partial charge in [0, 0.05) is 13.1 Å². The summed E-state index contributed by atoms with van der Waals surface area (Å²) in [5.41, 5.74) is 0.151. The number of nitrogens with one attached hydrogen (secondary N) is 1. The highest BCUT2D eigenvalue weighted by atomic mass is 32.2. The van der Waals surface area contributed by atoms with Crippen LogP contribution in [0.15, 0.2) is 0 Å². The third-order valence-corrected chi connectivity index (χ3v) is 5.87. The Morgan fingerprint density at radius 3 is 2.71 bits per heavy atom. The van der Waals surface area contributed by atoms with E-state index in [0.29, 0.717) is 24.8 Å². The first-order valence-electron chi connectivity index (χ1n) is 6.58. The average molecular weight is 260 g/mol. The Labute approximate surface area is 105 Å². The maximum absolute atomic E-state index is 12.3. The number of hydrogen-bond donors (Lipinski definition) is 1. The van der Waals surface area contributed by atoms with Crippen LogP contribution < -0.4 is 5.32 Å². The van der Waals surface area contributed by atoms with E-state index in [2.05, 4.69) is 19.2 Å². The zero-order valence-corrected chi connectivity index (χ0v) is 11.7. The number of hydrogen-bond acceptors (Lipinski definition) is 3. The van der Waals surface area contributed by atoms with Crippen molar-refractivity contribution in [2.45, 2.75) is 33.1 Å². The third-order valence-electron chi connectivity index (χ3n) is 3.88. The minimum Gasteiger partial charge on any atom is -0.316 e. The molecule has 0 spiro atoms. The van der Waals surface area contributed by atoms with Crippen LogP contribution in [0.25, 0.3) is 0 Å². The van der Waals surface area contributed by atoms with Gasteiger partial charge in [-0.3, -0.25) is 0 Å². The molecule has 2 saturated heterocycles. The summed E-state index contributed by atoms with van der Waals surface area (Å²) in [5.74, 6) is 0.633. The molecule has 2 aliphatic rings. The van der Waals surface area contributed by atoms with Gasteiger partial charge in [-0.15, -0.1) is 0 Å². The summed E-state index contributed by atoms with van der Waals surface area (Å²) in [7, 11) is -3.04. The molecule has 17 heavy (non-hydrogen) atoms. The molecule has 1 unspecified atom stereocenters. The van der Waals surface area contributed by atoms with Crippen LogP contribution in [-0.2, 0) is 10.0 Å². The Morgan fingerprint density at radius 2 is 2.18 bits per heavy atom. The van der Waals surface area contributed by atoms with Gasteiger partial charge in [-0.25, -0.2) is 12.7 Å². The van der Waals surface area contributed by atoms with Crippen LogP contribution in [0, 0.1) is 11.3 Å². The second-order valence-corrected chi connectivity index (χ2v) is 8.25. The van der Waals surface area contributed by atoms with E-state index in [1.807, 2.05) is 0 Å². The minimum absolute atomic E-state index is 0.151. The quantitative estimate of drug-likeness (QED) is 0.825. The molecule has 0 aromatic heterocycles. The SMILES string of the molecule is CC1(C)CCN(S(=O)(=O)CC2CCCNC2)C1. The maximum atomic E-state index is 12.3. The van der Waals surface area contributed by atoms with Crippen molar-refractivity contribution in [3.63, 3.8) is 0 Å². The Bertz CT molecular complexity index is 359. The molecule has 0 aromatic rings. The fraction of sp³-hybridized carbons (Fsp3) is 1.00. The van der Waals surface area contributed by atoms with Crippen LogP contribution in [0.4, 0.5) is 0 Å². The standard InChI is InChI=1S/C12H24N2O2S/c1-12(2)5-7-14(10-12)17(15,16)9-11-4-3-6-13-8-11/h11,13H,3-10H2,1-2H3. The lowest BCUT2D eigenvalue weighted by molar-refractivity contribution is 0.365. The topological polar surface area (TPSA) is 49.4 Å². The smallest absolute Gasteiger partial charge is 0.214 e. The predicted molar refractivity (Wildman–Crippen MR) is 69.4 cm³/mol. The summed E-state index contributed by atoms with van der Waals surface area (Å²) in [6.07, 6.45) is 3.13. The second kappa shape index (κ2) is 4.86. The van der Waals surface area contributed by atoms with Crippen LogP contribution in [0.3, 0.4) is 0 Å². The van der Waals surface area contributed by atoms with E-state index >= 15 is 0 Å². The molecule has 4 nitrogen and oxygen atoms in total. The molecule has 100 valence electrons. The highest BCUT2D eigenvalue weighted by Crippen LogP contribution is 2.31. The van der Waals surface area contributed by atoms with Gasteiger partial charge in [0.15, 0.2) is 0 Å². The summed E-state index contributed by atoms with van der Waals surface area (Å²) in [4.78, 5) is 0. The minimum atomic E-state index is -3.04. The second-order valence-electron chi connectivity index (χ2n) is 6.24. The van der Waals surface area contributed by atoms with Gasteiger partial charge in [-0.2, -0.15) is 0 Å². The molecule has 0 saturated carbocycles. The molecule has 2 rings (SSSR count). The molecule has 1 N–H and O–H groups in total. The summed E-state index contributed by atoms with van der Waals surface area (Å²) in [6, 6.07) is 0. The first kappa shape index (κ1) is 13.3. The van der Waals surface area contributed by atoms with Gasteiger partial charge in [0.25, 0.3) is 0 Å². The van der Waals surface area contributed by atoms with Crippen molar-refractivity contribution in [1.29, 1.82) is 0 Å². The fourth-order valence-electron chi connectivity index (χ4n) is 2.77. The Balaban J connectivity index is 1.94. The summed E-state index contributed by atoms with van der Waals surface area (Å²) in [6.45, 7) is 7.57. The summed E-state index contributed by atoms with van der Waals surface area (Å²) in [5, 5.41) is 3.28. The fourth-order valence-corrected chi connectivity index (χ4v) is 4.78. The van der Waals surface area contributed by atoms with E-state index in [4.69, 9.17) is 0 Å². The van der Waals surface area contributed by atoms with Gasteiger partial charge >= 0.3 is 0 Å².